The molecule has 3 rings (SSSR count). The van der Waals surface area contributed by atoms with Crippen molar-refractivity contribution in [2.45, 2.75) is 31.7 Å². The summed E-state index contributed by atoms with van der Waals surface area (Å²) in [6.45, 7) is 1.99. The molecular weight excluding hydrogens is 267 g/mol. The van der Waals surface area contributed by atoms with Crippen LogP contribution < -0.4 is 10.6 Å². The maximum atomic E-state index is 13.3. The number of aromatic nitrogens is 2. The van der Waals surface area contributed by atoms with Crippen LogP contribution in [0.2, 0.25) is 0 Å². The lowest BCUT2D eigenvalue weighted by Crippen LogP contribution is -2.10. The number of nitrogens with one attached hydrogen (secondary N) is 2. The van der Waals surface area contributed by atoms with Crippen LogP contribution >= 0.6 is 0 Å². The van der Waals surface area contributed by atoms with E-state index in [0.717, 1.165) is 35.9 Å². The summed E-state index contributed by atoms with van der Waals surface area (Å²) >= 11 is 0. The standard InChI is InChI=1S/C16H19FN4/c1-10(12-4-3-5-13(17)8-12)19-15-9-14(18-2)20-16(21-15)11-6-7-11/h3-5,8-11H,6-7H2,1-2H3,(H2,18,19,20,21). The second-order valence-electron chi connectivity index (χ2n) is 5.44. The van der Waals surface area contributed by atoms with E-state index in [-0.39, 0.29) is 11.9 Å². The van der Waals surface area contributed by atoms with Gasteiger partial charge in [-0.25, -0.2) is 14.4 Å². The largest absolute Gasteiger partial charge is 0.373 e. The summed E-state index contributed by atoms with van der Waals surface area (Å²) in [7, 11) is 1.85. The van der Waals surface area contributed by atoms with Crippen molar-refractivity contribution in [3.63, 3.8) is 0 Å². The molecule has 2 N–H and O–H groups in total. The van der Waals surface area contributed by atoms with Crippen LogP contribution in [0.3, 0.4) is 0 Å². The molecule has 110 valence electrons. The molecule has 1 aromatic carbocycles. The fraction of sp³-hybridized carbons (Fsp3) is 0.375. The molecule has 1 atom stereocenters. The van der Waals surface area contributed by atoms with Gasteiger partial charge in [0.05, 0.1) is 6.04 Å². The van der Waals surface area contributed by atoms with E-state index in [9.17, 15) is 4.39 Å². The molecular formula is C16H19FN4. The Balaban J connectivity index is 1.81. The normalized spacial score (nSPS) is 15.6. The van der Waals surface area contributed by atoms with E-state index in [1.54, 1.807) is 12.1 Å². The first-order valence-electron chi connectivity index (χ1n) is 7.24. The lowest BCUT2D eigenvalue weighted by Gasteiger charge is -2.16. The van der Waals surface area contributed by atoms with Crippen molar-refractivity contribution < 1.29 is 4.39 Å². The van der Waals surface area contributed by atoms with Crippen molar-refractivity contribution >= 4 is 11.6 Å². The summed E-state index contributed by atoms with van der Waals surface area (Å²) < 4.78 is 13.3. The predicted octanol–water partition coefficient (Wildman–Crippen LogP) is 3.71. The molecule has 5 heteroatoms. The Morgan fingerprint density at radius 1 is 1.19 bits per heavy atom. The first kappa shape index (κ1) is 13.8. The Morgan fingerprint density at radius 2 is 1.95 bits per heavy atom. The number of halogens is 1. The van der Waals surface area contributed by atoms with Crippen molar-refractivity contribution in [2.24, 2.45) is 0 Å². The Kier molecular flexibility index (Phi) is 3.73. The minimum Gasteiger partial charge on any atom is -0.373 e. The Labute approximate surface area is 123 Å². The topological polar surface area (TPSA) is 49.8 Å². The van der Waals surface area contributed by atoms with Crippen LogP contribution in [0.25, 0.3) is 0 Å². The van der Waals surface area contributed by atoms with Gasteiger partial charge in [0.2, 0.25) is 0 Å². The van der Waals surface area contributed by atoms with Gasteiger partial charge < -0.3 is 10.6 Å². The molecule has 1 fully saturated rings. The molecule has 0 spiro atoms. The van der Waals surface area contributed by atoms with Gasteiger partial charge in [0, 0.05) is 19.0 Å². The molecule has 0 saturated heterocycles. The number of rotatable bonds is 5. The number of hydrogen-bond acceptors (Lipinski definition) is 4. The van der Waals surface area contributed by atoms with Crippen LogP contribution in [0.15, 0.2) is 30.3 Å². The van der Waals surface area contributed by atoms with Crippen molar-refractivity contribution in [2.75, 3.05) is 17.7 Å². The average molecular weight is 286 g/mol. The summed E-state index contributed by atoms with van der Waals surface area (Å²) in [4.78, 5) is 9.06. The molecule has 1 saturated carbocycles. The fourth-order valence-corrected chi connectivity index (χ4v) is 2.27. The highest BCUT2D eigenvalue weighted by molar-refractivity contribution is 5.49. The molecule has 1 aromatic heterocycles. The van der Waals surface area contributed by atoms with E-state index < -0.39 is 0 Å². The molecule has 2 aromatic rings. The van der Waals surface area contributed by atoms with E-state index in [4.69, 9.17) is 0 Å². The quantitative estimate of drug-likeness (QED) is 0.879. The van der Waals surface area contributed by atoms with E-state index >= 15 is 0 Å². The highest BCUT2D eigenvalue weighted by Crippen LogP contribution is 2.39. The van der Waals surface area contributed by atoms with Crippen LogP contribution in [-0.2, 0) is 0 Å². The van der Waals surface area contributed by atoms with Gasteiger partial charge in [-0.05, 0) is 37.5 Å². The zero-order valence-electron chi connectivity index (χ0n) is 12.2. The van der Waals surface area contributed by atoms with Gasteiger partial charge in [-0.15, -0.1) is 0 Å². The van der Waals surface area contributed by atoms with Gasteiger partial charge >= 0.3 is 0 Å². The lowest BCUT2D eigenvalue weighted by atomic mass is 10.1. The molecule has 0 aliphatic heterocycles. The Hall–Kier alpha value is -2.17. The molecule has 21 heavy (non-hydrogen) atoms. The highest BCUT2D eigenvalue weighted by atomic mass is 19.1. The lowest BCUT2D eigenvalue weighted by molar-refractivity contribution is 0.623. The molecule has 1 heterocycles. The van der Waals surface area contributed by atoms with Gasteiger partial charge in [0.15, 0.2) is 0 Å². The maximum Gasteiger partial charge on any atom is 0.136 e. The van der Waals surface area contributed by atoms with Crippen LogP contribution in [0, 0.1) is 5.82 Å². The van der Waals surface area contributed by atoms with Crippen LogP contribution in [0.1, 0.15) is 43.1 Å². The third-order valence-corrected chi connectivity index (χ3v) is 3.66. The van der Waals surface area contributed by atoms with Crippen LogP contribution in [-0.4, -0.2) is 17.0 Å². The number of anilines is 2. The summed E-state index contributed by atoms with van der Waals surface area (Å²) in [5.74, 6) is 2.73. The maximum absolute atomic E-state index is 13.3. The van der Waals surface area contributed by atoms with Gasteiger partial charge in [0.25, 0.3) is 0 Å². The molecule has 1 aliphatic carbocycles. The predicted molar refractivity (Wildman–Crippen MR) is 82.0 cm³/mol. The summed E-state index contributed by atoms with van der Waals surface area (Å²) in [5, 5.41) is 6.39. The van der Waals surface area contributed by atoms with E-state index in [0.29, 0.717) is 5.92 Å². The first-order valence-corrected chi connectivity index (χ1v) is 7.24. The Bertz CT molecular complexity index is 640. The highest BCUT2D eigenvalue weighted by Gasteiger charge is 2.27. The van der Waals surface area contributed by atoms with Crippen LogP contribution in [0.5, 0.6) is 0 Å². The van der Waals surface area contributed by atoms with Crippen molar-refractivity contribution in [3.05, 3.63) is 47.5 Å². The van der Waals surface area contributed by atoms with Crippen LogP contribution in [0.4, 0.5) is 16.0 Å². The smallest absolute Gasteiger partial charge is 0.136 e. The molecule has 0 radical (unpaired) electrons. The van der Waals surface area contributed by atoms with E-state index in [1.807, 2.05) is 26.1 Å². The van der Waals surface area contributed by atoms with E-state index in [2.05, 4.69) is 20.6 Å². The molecule has 1 aliphatic rings. The number of benzene rings is 1. The van der Waals surface area contributed by atoms with Gasteiger partial charge in [-0.2, -0.15) is 0 Å². The molecule has 0 amide bonds. The first-order chi connectivity index (χ1) is 10.2. The van der Waals surface area contributed by atoms with Gasteiger partial charge in [0.1, 0.15) is 23.3 Å². The van der Waals surface area contributed by atoms with Gasteiger partial charge in [-0.1, -0.05) is 12.1 Å². The monoisotopic (exact) mass is 286 g/mol. The SMILES string of the molecule is CNc1cc(NC(C)c2cccc(F)c2)nc(C2CC2)n1. The minimum atomic E-state index is -0.224. The summed E-state index contributed by atoms with van der Waals surface area (Å²) in [6.07, 6.45) is 2.32. The molecule has 0 bridgehead atoms. The number of nitrogens with zero attached hydrogens (tertiary/aromatic N) is 2. The third-order valence-electron chi connectivity index (χ3n) is 3.66. The summed E-state index contributed by atoms with van der Waals surface area (Å²) in [6, 6.07) is 8.47. The van der Waals surface area contributed by atoms with E-state index in [1.165, 1.54) is 6.07 Å². The Morgan fingerprint density at radius 3 is 2.62 bits per heavy atom. The zero-order chi connectivity index (χ0) is 14.8. The zero-order valence-corrected chi connectivity index (χ0v) is 12.2. The number of hydrogen-bond donors (Lipinski definition) is 2. The van der Waals surface area contributed by atoms with Gasteiger partial charge in [-0.3, -0.25) is 0 Å². The van der Waals surface area contributed by atoms with Crippen molar-refractivity contribution in [1.29, 1.82) is 0 Å². The summed E-state index contributed by atoms with van der Waals surface area (Å²) in [5.41, 5.74) is 0.896. The fourth-order valence-electron chi connectivity index (χ4n) is 2.27. The second-order valence-corrected chi connectivity index (χ2v) is 5.44. The average Bonchev–Trinajstić information content (AvgIpc) is 3.31. The van der Waals surface area contributed by atoms with Crippen molar-refractivity contribution in [3.8, 4) is 0 Å². The third kappa shape index (κ3) is 3.29. The second kappa shape index (κ2) is 5.68. The molecule has 4 nitrogen and oxygen atoms in total. The minimum absolute atomic E-state index is 0.0210. The van der Waals surface area contributed by atoms with Crippen molar-refractivity contribution in [1.82, 2.24) is 9.97 Å². The molecule has 1 unspecified atom stereocenters.